The summed E-state index contributed by atoms with van der Waals surface area (Å²) in [7, 11) is 3.27. The largest absolute Gasteiger partial charge is 0.465 e. The molecular formula is C21H23N3O3S. The molecule has 2 aromatic heterocycles. The molecule has 1 aromatic carbocycles. The topological polar surface area (TPSA) is 77.0 Å². The average molecular weight is 398 g/mol. The number of aromatic nitrogens is 3. The van der Waals surface area contributed by atoms with Crippen molar-refractivity contribution in [3.8, 4) is 11.3 Å². The molecule has 28 heavy (non-hydrogen) atoms. The number of hydrogen-bond donors (Lipinski definition) is 1. The summed E-state index contributed by atoms with van der Waals surface area (Å²) in [5, 5.41) is 0.390. The zero-order valence-corrected chi connectivity index (χ0v) is 17.4. The van der Waals surface area contributed by atoms with E-state index in [1.165, 1.54) is 18.9 Å². The van der Waals surface area contributed by atoms with Crippen molar-refractivity contribution in [3.05, 3.63) is 59.0 Å². The Morgan fingerprint density at radius 3 is 2.54 bits per heavy atom. The van der Waals surface area contributed by atoms with E-state index in [-0.39, 0.29) is 11.0 Å². The van der Waals surface area contributed by atoms with Gasteiger partial charge >= 0.3 is 5.97 Å². The number of benzene rings is 1. The van der Waals surface area contributed by atoms with Crippen LogP contribution in [0.5, 0.6) is 0 Å². The van der Waals surface area contributed by atoms with E-state index in [1.807, 2.05) is 55.1 Å². The molecule has 6 nitrogen and oxygen atoms in total. The Bertz CT molecular complexity index is 1020. The quantitative estimate of drug-likeness (QED) is 0.384. The van der Waals surface area contributed by atoms with Crippen molar-refractivity contribution in [2.24, 2.45) is 7.05 Å². The van der Waals surface area contributed by atoms with Gasteiger partial charge in [-0.1, -0.05) is 42.1 Å². The number of carbonyl (C=O) groups is 2. The second-order valence-electron chi connectivity index (χ2n) is 6.59. The second kappa shape index (κ2) is 8.06. The molecule has 3 aromatic rings. The van der Waals surface area contributed by atoms with Crippen molar-refractivity contribution in [1.29, 1.82) is 0 Å². The van der Waals surface area contributed by atoms with Gasteiger partial charge in [0, 0.05) is 12.7 Å². The number of ether oxygens (including phenoxy) is 1. The molecule has 0 aliphatic carbocycles. The lowest BCUT2D eigenvalue weighted by Crippen LogP contribution is -2.16. The van der Waals surface area contributed by atoms with Crippen LogP contribution in [0.15, 0.2) is 41.7 Å². The molecule has 0 bridgehead atoms. The van der Waals surface area contributed by atoms with E-state index in [4.69, 9.17) is 4.74 Å². The Hall–Kier alpha value is -2.80. The molecule has 0 radical (unpaired) electrons. The van der Waals surface area contributed by atoms with Gasteiger partial charge < -0.3 is 14.3 Å². The van der Waals surface area contributed by atoms with E-state index in [0.29, 0.717) is 22.5 Å². The van der Waals surface area contributed by atoms with Gasteiger partial charge in [-0.15, -0.1) is 0 Å². The van der Waals surface area contributed by atoms with E-state index in [2.05, 4.69) is 9.97 Å². The predicted molar refractivity (Wildman–Crippen MR) is 110 cm³/mol. The van der Waals surface area contributed by atoms with Crippen molar-refractivity contribution in [2.75, 3.05) is 7.11 Å². The molecule has 0 aliphatic heterocycles. The maximum Gasteiger partial charge on any atom is 0.339 e. The van der Waals surface area contributed by atoms with E-state index >= 15 is 0 Å². The third-order valence-corrected chi connectivity index (χ3v) is 5.90. The van der Waals surface area contributed by atoms with Crippen LogP contribution in [0.4, 0.5) is 0 Å². The highest BCUT2D eigenvalue weighted by molar-refractivity contribution is 8.00. The molecule has 0 fully saturated rings. The van der Waals surface area contributed by atoms with Crippen LogP contribution in [-0.4, -0.2) is 38.6 Å². The summed E-state index contributed by atoms with van der Waals surface area (Å²) in [4.78, 5) is 32.5. The highest BCUT2D eigenvalue weighted by Crippen LogP contribution is 2.30. The number of aromatic amines is 1. The van der Waals surface area contributed by atoms with Gasteiger partial charge in [-0.3, -0.25) is 4.79 Å². The smallest absolute Gasteiger partial charge is 0.339 e. The molecule has 7 heteroatoms. The SMILES string of the molecule is COC(=O)c1c(C)[nH]c(C(=O)[C@@H](C)Sc2ncc(-c3ccccc3)n2C)c1C. The zero-order chi connectivity index (χ0) is 20.4. The highest BCUT2D eigenvalue weighted by atomic mass is 32.2. The number of ketones is 1. The first-order valence-electron chi connectivity index (χ1n) is 8.90. The third-order valence-electron chi connectivity index (χ3n) is 4.74. The van der Waals surface area contributed by atoms with Crippen molar-refractivity contribution < 1.29 is 14.3 Å². The fourth-order valence-electron chi connectivity index (χ4n) is 3.20. The number of carbonyl (C=O) groups excluding carboxylic acids is 2. The van der Waals surface area contributed by atoms with E-state index in [9.17, 15) is 9.59 Å². The normalized spacial score (nSPS) is 12.0. The van der Waals surface area contributed by atoms with E-state index in [0.717, 1.165) is 16.4 Å². The molecular weight excluding hydrogens is 374 g/mol. The first-order valence-corrected chi connectivity index (χ1v) is 9.78. The van der Waals surface area contributed by atoms with Gasteiger partial charge in [0.2, 0.25) is 0 Å². The third kappa shape index (κ3) is 3.62. The number of nitrogens with zero attached hydrogens (tertiary/aromatic N) is 2. The summed E-state index contributed by atoms with van der Waals surface area (Å²) in [6.07, 6.45) is 1.81. The van der Waals surface area contributed by atoms with Gasteiger partial charge in [-0.05, 0) is 31.9 Å². The minimum absolute atomic E-state index is 0.0787. The lowest BCUT2D eigenvalue weighted by molar-refractivity contribution is 0.0599. The van der Waals surface area contributed by atoms with E-state index < -0.39 is 5.97 Å². The molecule has 146 valence electrons. The summed E-state index contributed by atoms with van der Waals surface area (Å²) in [6, 6.07) is 9.99. The lowest BCUT2D eigenvalue weighted by Gasteiger charge is -2.11. The van der Waals surface area contributed by atoms with Crippen molar-refractivity contribution in [1.82, 2.24) is 14.5 Å². The van der Waals surface area contributed by atoms with Crippen LogP contribution in [0.3, 0.4) is 0 Å². The molecule has 1 atom stereocenters. The van der Waals surface area contributed by atoms with Gasteiger partial charge in [0.15, 0.2) is 10.9 Å². The van der Waals surface area contributed by atoms with Crippen LogP contribution in [0.1, 0.15) is 39.0 Å². The van der Waals surface area contributed by atoms with Gasteiger partial charge in [0.1, 0.15) is 0 Å². The maximum atomic E-state index is 13.0. The molecule has 0 amide bonds. The summed E-state index contributed by atoms with van der Waals surface area (Å²) in [6.45, 7) is 5.37. The number of esters is 1. The monoisotopic (exact) mass is 397 g/mol. The molecule has 0 saturated heterocycles. The van der Waals surface area contributed by atoms with Crippen LogP contribution in [0.2, 0.25) is 0 Å². The van der Waals surface area contributed by atoms with Gasteiger partial charge in [0.25, 0.3) is 0 Å². The number of H-pyrrole nitrogens is 1. The van der Waals surface area contributed by atoms with Gasteiger partial charge in [-0.25, -0.2) is 9.78 Å². The zero-order valence-electron chi connectivity index (χ0n) is 16.6. The summed E-state index contributed by atoms with van der Waals surface area (Å²) in [5.74, 6) is -0.521. The van der Waals surface area contributed by atoms with Gasteiger partial charge in [-0.2, -0.15) is 0 Å². The summed E-state index contributed by atoms with van der Waals surface area (Å²) >= 11 is 1.39. The van der Waals surface area contributed by atoms with Crippen molar-refractivity contribution in [2.45, 2.75) is 31.2 Å². The first kappa shape index (κ1) is 19.9. The maximum absolute atomic E-state index is 13.0. The van der Waals surface area contributed by atoms with Crippen LogP contribution in [-0.2, 0) is 11.8 Å². The molecule has 1 N–H and O–H groups in total. The second-order valence-corrected chi connectivity index (χ2v) is 7.90. The molecule has 0 unspecified atom stereocenters. The van der Waals surface area contributed by atoms with Crippen LogP contribution in [0.25, 0.3) is 11.3 Å². The molecule has 0 spiro atoms. The lowest BCUT2D eigenvalue weighted by atomic mass is 10.1. The predicted octanol–water partition coefficient (Wildman–Crippen LogP) is 4.18. The standard InChI is InChI=1S/C21H23N3O3S/c1-12-17(20(26)27-5)13(2)23-18(12)19(25)14(3)28-21-22-11-16(24(21)4)15-9-7-6-8-10-15/h6-11,14,23H,1-5H3/t14-/m1/s1. The Morgan fingerprint density at radius 1 is 1.21 bits per heavy atom. The number of thioether (sulfide) groups is 1. The summed E-state index contributed by atoms with van der Waals surface area (Å²) < 4.78 is 6.80. The van der Waals surface area contributed by atoms with Gasteiger partial charge in [0.05, 0.1) is 35.5 Å². The van der Waals surface area contributed by atoms with Crippen LogP contribution in [0, 0.1) is 13.8 Å². The molecule has 0 aliphatic rings. The molecule has 2 heterocycles. The number of Topliss-reactive ketones (excluding diaryl/α,β-unsaturated/α-hetero) is 1. The van der Waals surface area contributed by atoms with E-state index in [1.54, 1.807) is 13.8 Å². The minimum Gasteiger partial charge on any atom is -0.465 e. The minimum atomic E-state index is -0.442. The number of hydrogen-bond acceptors (Lipinski definition) is 5. The Morgan fingerprint density at radius 2 is 1.89 bits per heavy atom. The Kier molecular flexibility index (Phi) is 5.74. The van der Waals surface area contributed by atoms with Crippen LogP contribution >= 0.6 is 11.8 Å². The van der Waals surface area contributed by atoms with Crippen LogP contribution < -0.4 is 0 Å². The number of nitrogens with one attached hydrogen (secondary N) is 1. The van der Waals surface area contributed by atoms with Crippen molar-refractivity contribution >= 4 is 23.5 Å². The Balaban J connectivity index is 1.83. The fourth-order valence-corrected chi connectivity index (χ4v) is 4.11. The average Bonchev–Trinajstić information content (AvgIpc) is 3.20. The number of rotatable bonds is 6. The number of methoxy groups -OCH3 is 1. The number of imidazole rings is 1. The van der Waals surface area contributed by atoms with Crippen molar-refractivity contribution in [3.63, 3.8) is 0 Å². The first-order chi connectivity index (χ1) is 13.3. The molecule has 3 rings (SSSR count). The summed E-state index contributed by atoms with van der Waals surface area (Å²) in [5.41, 5.74) is 4.17. The molecule has 0 saturated carbocycles. The highest BCUT2D eigenvalue weighted by Gasteiger charge is 2.27. The fraction of sp³-hybridized carbons (Fsp3) is 0.286. The Labute approximate surface area is 168 Å². The number of aryl methyl sites for hydroxylation is 1.